The van der Waals surface area contributed by atoms with Crippen molar-refractivity contribution in [3.05, 3.63) is 68.4 Å². The molecule has 0 saturated heterocycles. The zero-order valence-corrected chi connectivity index (χ0v) is 16.2. The molecule has 0 saturated carbocycles. The Morgan fingerprint density at radius 2 is 2.00 bits per heavy atom. The number of halogens is 2. The lowest BCUT2D eigenvalue weighted by molar-refractivity contribution is -0.121. The number of amides is 1. The number of benzene rings is 2. The summed E-state index contributed by atoms with van der Waals surface area (Å²) >= 11 is 12.1. The van der Waals surface area contributed by atoms with Crippen molar-refractivity contribution in [2.24, 2.45) is 0 Å². The molecule has 6 nitrogen and oxygen atoms in total. The van der Waals surface area contributed by atoms with Gasteiger partial charge >= 0.3 is 0 Å². The molecular formula is C19H18Cl2N4O2. The van der Waals surface area contributed by atoms with Crippen LogP contribution in [0.4, 0.5) is 0 Å². The second kappa shape index (κ2) is 8.50. The highest BCUT2D eigenvalue weighted by Gasteiger charge is 2.12. The number of aryl methyl sites for hydroxylation is 1. The molecule has 1 unspecified atom stereocenters. The van der Waals surface area contributed by atoms with Crippen LogP contribution in [0.1, 0.15) is 18.9 Å². The number of rotatable bonds is 6. The first-order valence-corrected chi connectivity index (χ1v) is 9.25. The molecule has 3 rings (SSSR count). The van der Waals surface area contributed by atoms with E-state index in [1.807, 2.05) is 13.0 Å². The fraction of sp³-hybridized carbons (Fsp3) is 0.263. The van der Waals surface area contributed by atoms with Crippen molar-refractivity contribution >= 4 is 40.0 Å². The normalized spacial score (nSPS) is 12.1. The molecule has 2 aromatic carbocycles. The largest absolute Gasteiger partial charge is 0.353 e. The van der Waals surface area contributed by atoms with E-state index in [2.05, 4.69) is 15.6 Å². The molecule has 0 bridgehead atoms. The summed E-state index contributed by atoms with van der Waals surface area (Å²) in [4.78, 5) is 24.6. The van der Waals surface area contributed by atoms with E-state index in [1.54, 1.807) is 36.4 Å². The molecule has 1 N–H and O–H groups in total. The summed E-state index contributed by atoms with van der Waals surface area (Å²) in [6.45, 7) is 2.06. The number of aromatic nitrogens is 3. The predicted molar refractivity (Wildman–Crippen MR) is 106 cm³/mol. The molecule has 1 aromatic heterocycles. The van der Waals surface area contributed by atoms with Crippen molar-refractivity contribution in [2.45, 2.75) is 32.4 Å². The number of carbonyl (C=O) groups excluding carboxylic acids is 1. The molecule has 0 aliphatic heterocycles. The average molecular weight is 405 g/mol. The second-order valence-electron chi connectivity index (χ2n) is 6.29. The van der Waals surface area contributed by atoms with Gasteiger partial charge in [-0.15, -0.1) is 5.10 Å². The molecule has 0 fully saturated rings. The Balaban J connectivity index is 1.58. The number of nitrogens with zero attached hydrogens (tertiary/aromatic N) is 3. The van der Waals surface area contributed by atoms with Crippen molar-refractivity contribution in [1.82, 2.24) is 20.3 Å². The first-order chi connectivity index (χ1) is 12.9. The van der Waals surface area contributed by atoms with E-state index in [-0.39, 0.29) is 30.5 Å². The van der Waals surface area contributed by atoms with Gasteiger partial charge in [-0.05, 0) is 43.2 Å². The third-order valence-corrected chi connectivity index (χ3v) is 4.72. The topological polar surface area (TPSA) is 76.9 Å². The van der Waals surface area contributed by atoms with E-state index in [0.717, 1.165) is 5.56 Å². The minimum absolute atomic E-state index is 0.115. The van der Waals surface area contributed by atoms with Crippen molar-refractivity contribution in [1.29, 1.82) is 0 Å². The average Bonchev–Trinajstić information content (AvgIpc) is 2.64. The van der Waals surface area contributed by atoms with Crippen LogP contribution in [0.2, 0.25) is 10.0 Å². The Labute approximate surface area is 166 Å². The van der Waals surface area contributed by atoms with Gasteiger partial charge < -0.3 is 5.32 Å². The standard InChI is InChI=1S/C19H18Cl2N4O2/c1-12(10-13-6-7-14(20)11-16(13)21)22-18(26)8-9-25-19(27)15-4-2-3-5-17(15)23-24-25/h2-7,11-12H,8-10H2,1H3,(H,22,26). The number of nitrogens with one attached hydrogen (secondary N) is 1. The zero-order chi connectivity index (χ0) is 19.4. The minimum atomic E-state index is -0.255. The van der Waals surface area contributed by atoms with Gasteiger partial charge in [0.15, 0.2) is 0 Å². The van der Waals surface area contributed by atoms with Crippen LogP contribution in [0.15, 0.2) is 47.3 Å². The minimum Gasteiger partial charge on any atom is -0.353 e. The Bertz CT molecular complexity index is 1040. The van der Waals surface area contributed by atoms with Gasteiger partial charge in [0.2, 0.25) is 5.91 Å². The van der Waals surface area contributed by atoms with E-state index in [0.29, 0.717) is 27.4 Å². The molecular weight excluding hydrogens is 387 g/mol. The summed E-state index contributed by atoms with van der Waals surface area (Å²) in [5, 5.41) is 12.4. The molecule has 8 heteroatoms. The summed E-state index contributed by atoms with van der Waals surface area (Å²) in [5.41, 5.74) is 1.19. The molecule has 1 atom stereocenters. The van der Waals surface area contributed by atoms with Gasteiger partial charge in [0, 0.05) is 22.5 Å². The Hall–Kier alpha value is -2.44. The highest BCUT2D eigenvalue weighted by Crippen LogP contribution is 2.22. The molecule has 0 radical (unpaired) electrons. The maximum absolute atomic E-state index is 12.4. The third-order valence-electron chi connectivity index (χ3n) is 4.13. The van der Waals surface area contributed by atoms with Gasteiger partial charge in [-0.3, -0.25) is 9.59 Å². The van der Waals surface area contributed by atoms with Gasteiger partial charge in [-0.25, -0.2) is 4.68 Å². The van der Waals surface area contributed by atoms with Gasteiger partial charge in [0.25, 0.3) is 5.56 Å². The van der Waals surface area contributed by atoms with Crippen LogP contribution >= 0.6 is 23.2 Å². The van der Waals surface area contributed by atoms with Crippen LogP contribution in [0.25, 0.3) is 10.9 Å². The fourth-order valence-corrected chi connectivity index (χ4v) is 3.28. The Kier molecular flexibility index (Phi) is 6.08. The second-order valence-corrected chi connectivity index (χ2v) is 7.14. The van der Waals surface area contributed by atoms with Crippen molar-refractivity contribution in [3.8, 4) is 0 Å². The van der Waals surface area contributed by atoms with Crippen LogP contribution in [0.3, 0.4) is 0 Å². The highest BCUT2D eigenvalue weighted by molar-refractivity contribution is 6.35. The van der Waals surface area contributed by atoms with Crippen molar-refractivity contribution < 1.29 is 4.79 Å². The quantitative estimate of drug-likeness (QED) is 0.683. The molecule has 3 aromatic rings. The van der Waals surface area contributed by atoms with E-state index in [9.17, 15) is 9.59 Å². The molecule has 1 amide bonds. The molecule has 0 aliphatic rings. The zero-order valence-electron chi connectivity index (χ0n) is 14.7. The lowest BCUT2D eigenvalue weighted by Gasteiger charge is -2.15. The molecule has 27 heavy (non-hydrogen) atoms. The third kappa shape index (κ3) is 4.84. The number of hydrogen-bond donors (Lipinski definition) is 1. The maximum Gasteiger partial charge on any atom is 0.277 e. The number of hydrogen-bond acceptors (Lipinski definition) is 4. The van der Waals surface area contributed by atoms with E-state index >= 15 is 0 Å². The van der Waals surface area contributed by atoms with Crippen LogP contribution in [0, 0.1) is 0 Å². The molecule has 0 aliphatic carbocycles. The summed E-state index contributed by atoms with van der Waals surface area (Å²) < 4.78 is 1.21. The summed E-state index contributed by atoms with van der Waals surface area (Å²) in [6, 6.07) is 12.2. The van der Waals surface area contributed by atoms with Gasteiger partial charge in [0.1, 0.15) is 5.52 Å². The van der Waals surface area contributed by atoms with Gasteiger partial charge in [0.05, 0.1) is 11.9 Å². The Morgan fingerprint density at radius 1 is 1.22 bits per heavy atom. The van der Waals surface area contributed by atoms with Crippen LogP contribution in [0.5, 0.6) is 0 Å². The first kappa shape index (κ1) is 19.3. The maximum atomic E-state index is 12.4. The Morgan fingerprint density at radius 3 is 2.78 bits per heavy atom. The monoisotopic (exact) mass is 404 g/mol. The number of carbonyl (C=O) groups is 1. The molecule has 140 valence electrons. The van der Waals surface area contributed by atoms with E-state index < -0.39 is 0 Å². The van der Waals surface area contributed by atoms with Crippen LogP contribution in [-0.2, 0) is 17.8 Å². The van der Waals surface area contributed by atoms with Crippen LogP contribution in [-0.4, -0.2) is 26.9 Å². The van der Waals surface area contributed by atoms with Crippen LogP contribution < -0.4 is 10.9 Å². The van der Waals surface area contributed by atoms with Gasteiger partial charge in [-0.2, -0.15) is 0 Å². The highest BCUT2D eigenvalue weighted by atomic mass is 35.5. The lowest BCUT2D eigenvalue weighted by atomic mass is 10.1. The lowest BCUT2D eigenvalue weighted by Crippen LogP contribution is -2.35. The summed E-state index contributed by atoms with van der Waals surface area (Å²) in [5.74, 6) is -0.172. The fourth-order valence-electron chi connectivity index (χ4n) is 2.79. The summed E-state index contributed by atoms with van der Waals surface area (Å²) in [6.07, 6.45) is 0.711. The molecule has 1 heterocycles. The van der Waals surface area contributed by atoms with Crippen molar-refractivity contribution in [2.75, 3.05) is 0 Å². The van der Waals surface area contributed by atoms with E-state index in [4.69, 9.17) is 23.2 Å². The summed E-state index contributed by atoms with van der Waals surface area (Å²) in [7, 11) is 0. The van der Waals surface area contributed by atoms with E-state index in [1.165, 1.54) is 4.68 Å². The SMILES string of the molecule is CC(Cc1ccc(Cl)cc1Cl)NC(=O)CCn1nnc2ccccc2c1=O. The van der Waals surface area contributed by atoms with Crippen molar-refractivity contribution in [3.63, 3.8) is 0 Å². The molecule has 0 spiro atoms. The smallest absolute Gasteiger partial charge is 0.277 e. The first-order valence-electron chi connectivity index (χ1n) is 8.50. The predicted octanol–water partition coefficient (Wildman–Crippen LogP) is 3.24. The van der Waals surface area contributed by atoms with Gasteiger partial charge in [-0.1, -0.05) is 46.6 Å². The number of fused-ring (bicyclic) bond motifs is 1.